The summed E-state index contributed by atoms with van der Waals surface area (Å²) < 4.78 is 5.37. The average molecular weight is 334 g/mol. The van der Waals surface area contributed by atoms with Crippen LogP contribution in [0.15, 0.2) is 12.1 Å². The molecule has 4 nitrogen and oxygen atoms in total. The van der Waals surface area contributed by atoms with Crippen LogP contribution in [0.5, 0.6) is 5.75 Å². The molecule has 0 radical (unpaired) electrons. The topological polar surface area (TPSA) is 72.5 Å². The van der Waals surface area contributed by atoms with Gasteiger partial charge >= 0.3 is 5.97 Å². The number of hydrogen-bond acceptors (Lipinski definition) is 3. The van der Waals surface area contributed by atoms with E-state index in [2.05, 4.69) is 0 Å². The number of nitrogens with two attached hydrogens (primary N) is 1. The molecule has 0 aliphatic carbocycles. The van der Waals surface area contributed by atoms with Crippen LogP contribution in [0.4, 0.5) is 0 Å². The van der Waals surface area contributed by atoms with Gasteiger partial charge < -0.3 is 15.6 Å². The number of benzene rings is 1. The van der Waals surface area contributed by atoms with E-state index in [-0.39, 0.29) is 12.5 Å². The molecule has 0 aliphatic rings. The average Bonchev–Trinajstić information content (AvgIpc) is 2.31. The van der Waals surface area contributed by atoms with Crippen LogP contribution in [0, 0.1) is 5.41 Å². The fraction of sp³-hybridized carbons (Fsp3) is 0.533. The van der Waals surface area contributed by atoms with Gasteiger partial charge in [0.15, 0.2) is 0 Å². The van der Waals surface area contributed by atoms with E-state index in [4.69, 9.17) is 38.8 Å². The van der Waals surface area contributed by atoms with E-state index in [1.165, 1.54) is 0 Å². The van der Waals surface area contributed by atoms with Gasteiger partial charge in [0.05, 0.1) is 18.1 Å². The third-order valence-corrected chi connectivity index (χ3v) is 3.78. The molecule has 1 atom stereocenters. The van der Waals surface area contributed by atoms with Gasteiger partial charge in [-0.2, -0.15) is 0 Å². The second-order valence-electron chi connectivity index (χ2n) is 5.78. The highest BCUT2D eigenvalue weighted by Gasteiger charge is 2.26. The summed E-state index contributed by atoms with van der Waals surface area (Å²) >= 11 is 12.4. The second kappa shape index (κ2) is 7.34. The SMILES string of the molecule is CCOc1cc(Cl)c(C(N)CC(C)(C)CC(=O)O)cc1Cl. The summed E-state index contributed by atoms with van der Waals surface area (Å²) in [5, 5.41) is 9.84. The van der Waals surface area contributed by atoms with Crippen molar-refractivity contribution in [3.63, 3.8) is 0 Å². The Balaban J connectivity index is 2.95. The van der Waals surface area contributed by atoms with E-state index in [1.807, 2.05) is 20.8 Å². The molecule has 1 rings (SSSR count). The maximum absolute atomic E-state index is 10.9. The first-order valence-electron chi connectivity index (χ1n) is 6.75. The molecule has 0 fully saturated rings. The highest BCUT2D eigenvalue weighted by atomic mass is 35.5. The van der Waals surface area contributed by atoms with E-state index in [1.54, 1.807) is 12.1 Å². The minimum absolute atomic E-state index is 0.0447. The predicted octanol–water partition coefficient (Wildman–Crippen LogP) is 4.28. The van der Waals surface area contributed by atoms with Crippen LogP contribution in [0.25, 0.3) is 0 Å². The summed E-state index contributed by atoms with van der Waals surface area (Å²) in [7, 11) is 0. The van der Waals surface area contributed by atoms with Crippen molar-refractivity contribution in [1.29, 1.82) is 0 Å². The van der Waals surface area contributed by atoms with E-state index in [0.29, 0.717) is 34.4 Å². The summed E-state index contributed by atoms with van der Waals surface area (Å²) in [6, 6.07) is 2.95. The molecule has 1 aromatic rings. The smallest absolute Gasteiger partial charge is 0.303 e. The monoisotopic (exact) mass is 333 g/mol. The Kier molecular flexibility index (Phi) is 6.32. The van der Waals surface area contributed by atoms with Crippen LogP contribution in [0.3, 0.4) is 0 Å². The zero-order valence-electron chi connectivity index (χ0n) is 12.5. The van der Waals surface area contributed by atoms with E-state index < -0.39 is 11.4 Å². The molecule has 118 valence electrons. The van der Waals surface area contributed by atoms with Crippen LogP contribution in [-0.2, 0) is 4.79 Å². The van der Waals surface area contributed by atoms with Gasteiger partial charge in [-0.05, 0) is 30.4 Å². The lowest BCUT2D eigenvalue weighted by molar-refractivity contribution is -0.139. The van der Waals surface area contributed by atoms with Crippen molar-refractivity contribution in [2.75, 3.05) is 6.61 Å². The fourth-order valence-corrected chi connectivity index (χ4v) is 2.80. The van der Waals surface area contributed by atoms with Crippen LogP contribution in [0.2, 0.25) is 10.0 Å². The first-order chi connectivity index (χ1) is 9.66. The predicted molar refractivity (Wildman–Crippen MR) is 85.2 cm³/mol. The van der Waals surface area contributed by atoms with Crippen molar-refractivity contribution in [2.24, 2.45) is 11.1 Å². The molecule has 0 amide bonds. The van der Waals surface area contributed by atoms with Crippen molar-refractivity contribution < 1.29 is 14.6 Å². The van der Waals surface area contributed by atoms with Crippen molar-refractivity contribution in [3.8, 4) is 5.75 Å². The number of ether oxygens (including phenoxy) is 1. The molecule has 0 aromatic heterocycles. The van der Waals surface area contributed by atoms with Crippen molar-refractivity contribution in [2.45, 2.75) is 39.7 Å². The van der Waals surface area contributed by atoms with Gasteiger partial charge in [-0.15, -0.1) is 0 Å². The Morgan fingerprint density at radius 1 is 1.38 bits per heavy atom. The molecule has 3 N–H and O–H groups in total. The Labute approximate surface area is 135 Å². The lowest BCUT2D eigenvalue weighted by atomic mass is 9.81. The summed E-state index contributed by atoms with van der Waals surface area (Å²) in [5.74, 6) is -0.326. The summed E-state index contributed by atoms with van der Waals surface area (Å²) in [6.45, 7) is 6.08. The Bertz CT molecular complexity index is 518. The summed E-state index contributed by atoms with van der Waals surface area (Å²) in [6.07, 6.45) is 0.534. The number of carbonyl (C=O) groups is 1. The van der Waals surface area contributed by atoms with E-state index in [0.717, 1.165) is 0 Å². The summed E-state index contributed by atoms with van der Waals surface area (Å²) in [5.41, 5.74) is 6.44. The van der Waals surface area contributed by atoms with Crippen molar-refractivity contribution >= 4 is 29.2 Å². The van der Waals surface area contributed by atoms with E-state index >= 15 is 0 Å². The minimum atomic E-state index is -0.844. The molecule has 21 heavy (non-hydrogen) atoms. The third-order valence-electron chi connectivity index (χ3n) is 3.15. The van der Waals surface area contributed by atoms with Gasteiger partial charge in [0.1, 0.15) is 5.75 Å². The molecule has 6 heteroatoms. The molecular weight excluding hydrogens is 313 g/mol. The highest BCUT2D eigenvalue weighted by molar-refractivity contribution is 6.34. The number of carboxylic acid groups (broad SMARTS) is 1. The van der Waals surface area contributed by atoms with Gasteiger partial charge in [0.25, 0.3) is 0 Å². The first kappa shape index (κ1) is 18.1. The largest absolute Gasteiger partial charge is 0.492 e. The molecule has 0 aliphatic heterocycles. The lowest BCUT2D eigenvalue weighted by Gasteiger charge is -2.27. The molecular formula is C15H21Cl2NO3. The number of rotatable bonds is 7. The number of carboxylic acids is 1. The van der Waals surface area contributed by atoms with E-state index in [9.17, 15) is 4.79 Å². The number of halogens is 2. The molecule has 0 heterocycles. The number of hydrogen-bond donors (Lipinski definition) is 2. The van der Waals surface area contributed by atoms with Crippen LogP contribution < -0.4 is 10.5 Å². The Morgan fingerprint density at radius 3 is 2.52 bits per heavy atom. The maximum atomic E-state index is 10.9. The van der Waals surface area contributed by atoms with Gasteiger partial charge in [0.2, 0.25) is 0 Å². The maximum Gasteiger partial charge on any atom is 0.303 e. The molecule has 1 unspecified atom stereocenters. The first-order valence-corrected chi connectivity index (χ1v) is 7.51. The Morgan fingerprint density at radius 2 is 2.00 bits per heavy atom. The van der Waals surface area contributed by atoms with Gasteiger partial charge in [0, 0.05) is 17.1 Å². The van der Waals surface area contributed by atoms with Crippen LogP contribution in [-0.4, -0.2) is 17.7 Å². The third kappa shape index (κ3) is 5.38. The fourth-order valence-electron chi connectivity index (χ4n) is 2.28. The van der Waals surface area contributed by atoms with Crippen molar-refractivity contribution in [1.82, 2.24) is 0 Å². The van der Waals surface area contributed by atoms with Crippen LogP contribution >= 0.6 is 23.2 Å². The second-order valence-corrected chi connectivity index (χ2v) is 6.60. The molecule has 0 saturated heterocycles. The molecule has 0 saturated carbocycles. The lowest BCUT2D eigenvalue weighted by Crippen LogP contribution is -2.24. The van der Waals surface area contributed by atoms with Gasteiger partial charge in [-0.25, -0.2) is 0 Å². The normalized spacial score (nSPS) is 13.0. The summed E-state index contributed by atoms with van der Waals surface area (Å²) in [4.78, 5) is 10.9. The molecule has 1 aromatic carbocycles. The molecule has 0 spiro atoms. The quantitative estimate of drug-likeness (QED) is 0.780. The minimum Gasteiger partial charge on any atom is -0.492 e. The molecule has 0 bridgehead atoms. The van der Waals surface area contributed by atoms with Crippen LogP contribution in [0.1, 0.15) is 45.2 Å². The zero-order chi connectivity index (χ0) is 16.2. The van der Waals surface area contributed by atoms with Gasteiger partial charge in [-0.1, -0.05) is 37.0 Å². The standard InChI is InChI=1S/C15H21Cl2NO3/c1-4-21-13-6-10(16)9(5-11(13)17)12(18)7-15(2,3)8-14(19)20/h5-6,12H,4,7-8,18H2,1-3H3,(H,19,20). The van der Waals surface area contributed by atoms with Crippen molar-refractivity contribution in [3.05, 3.63) is 27.7 Å². The highest BCUT2D eigenvalue weighted by Crippen LogP contribution is 2.38. The zero-order valence-corrected chi connectivity index (χ0v) is 14.0. The number of aliphatic carboxylic acids is 1. The van der Waals surface area contributed by atoms with Gasteiger partial charge in [-0.3, -0.25) is 4.79 Å². The Hall–Kier alpha value is -0.970.